The molecule has 3 nitrogen and oxygen atoms in total. The molecule has 36 heavy (non-hydrogen) atoms. The molecule has 9 rings (SSSR count). The van der Waals surface area contributed by atoms with Crippen molar-refractivity contribution in [2.75, 3.05) is 4.90 Å². The zero-order chi connectivity index (χ0) is 23.4. The van der Waals surface area contributed by atoms with E-state index in [1.807, 2.05) is 0 Å². The molecule has 4 heteroatoms. The predicted molar refractivity (Wildman–Crippen MR) is 150 cm³/mol. The number of para-hydroxylation sites is 4. The van der Waals surface area contributed by atoms with E-state index in [2.05, 4.69) is 125 Å². The Morgan fingerprint density at radius 3 is 2.25 bits per heavy atom. The van der Waals surface area contributed by atoms with Crippen LogP contribution in [0.5, 0.6) is 0 Å². The van der Waals surface area contributed by atoms with Crippen LogP contribution in [0.3, 0.4) is 0 Å². The third kappa shape index (κ3) is 2.12. The van der Waals surface area contributed by atoms with Gasteiger partial charge in [0.2, 0.25) is 0 Å². The minimum absolute atomic E-state index is 0.0269. The fourth-order valence-electron chi connectivity index (χ4n) is 6.61. The normalized spacial score (nSPS) is 13.4. The highest BCUT2D eigenvalue weighted by atomic mass is 16.3. The number of furan rings is 1. The van der Waals surface area contributed by atoms with Crippen molar-refractivity contribution in [3.63, 3.8) is 0 Å². The van der Waals surface area contributed by atoms with Crippen LogP contribution in [0, 0.1) is 0 Å². The molecule has 0 spiro atoms. The van der Waals surface area contributed by atoms with Gasteiger partial charge in [0.1, 0.15) is 5.58 Å². The minimum Gasteiger partial charge on any atom is -0.468 e. The van der Waals surface area contributed by atoms with Crippen molar-refractivity contribution in [2.45, 2.75) is 0 Å². The number of nitrogens with zero attached hydrogens (tertiary/aromatic N) is 2. The molecule has 2 aliphatic heterocycles. The van der Waals surface area contributed by atoms with Gasteiger partial charge in [-0.3, -0.25) is 0 Å². The summed E-state index contributed by atoms with van der Waals surface area (Å²) >= 11 is 0. The summed E-state index contributed by atoms with van der Waals surface area (Å²) in [4.78, 5) is 2.41. The molecule has 0 saturated heterocycles. The van der Waals surface area contributed by atoms with E-state index in [9.17, 15) is 0 Å². The maximum absolute atomic E-state index is 6.75. The van der Waals surface area contributed by atoms with Crippen LogP contribution in [0.25, 0.3) is 38.5 Å². The minimum atomic E-state index is 0.0269. The fourth-order valence-corrected chi connectivity index (χ4v) is 6.61. The van der Waals surface area contributed by atoms with Gasteiger partial charge in [0.05, 0.1) is 22.4 Å². The molecule has 0 unspecified atom stereocenters. The lowest BCUT2D eigenvalue weighted by Crippen LogP contribution is -2.59. The van der Waals surface area contributed by atoms with E-state index in [0.29, 0.717) is 0 Å². The molecular weight excluding hydrogens is 439 g/mol. The predicted octanol–water partition coefficient (Wildman–Crippen LogP) is 6.14. The zero-order valence-electron chi connectivity index (χ0n) is 19.3. The number of aromatic nitrogens is 1. The Balaban J connectivity index is 1.54. The molecule has 0 amide bonds. The van der Waals surface area contributed by atoms with E-state index in [4.69, 9.17) is 4.42 Å². The van der Waals surface area contributed by atoms with E-state index in [0.717, 1.165) is 22.3 Å². The summed E-state index contributed by atoms with van der Waals surface area (Å²) in [6, 6.07) is 41.3. The van der Waals surface area contributed by atoms with Gasteiger partial charge in [-0.1, -0.05) is 72.8 Å². The average Bonchev–Trinajstić information content (AvgIpc) is 3.48. The molecule has 4 heterocycles. The molecule has 0 fully saturated rings. The van der Waals surface area contributed by atoms with Crippen LogP contribution >= 0.6 is 0 Å². The van der Waals surface area contributed by atoms with Crippen molar-refractivity contribution in [2.24, 2.45) is 0 Å². The van der Waals surface area contributed by atoms with Gasteiger partial charge in [0, 0.05) is 33.2 Å². The Hall–Kier alpha value is -4.70. The van der Waals surface area contributed by atoms with Gasteiger partial charge >= 0.3 is 0 Å². The highest BCUT2D eigenvalue weighted by molar-refractivity contribution is 7.00. The SMILES string of the molecule is c1ccc(N2c3ccccc3B3c4oc5ccccc5c4-n4c5ccccc5c5ccc2c3c54)cc1. The van der Waals surface area contributed by atoms with Crippen LogP contribution in [0.1, 0.15) is 0 Å². The van der Waals surface area contributed by atoms with Crippen molar-refractivity contribution in [3.8, 4) is 5.69 Å². The number of rotatable bonds is 1. The van der Waals surface area contributed by atoms with Crippen molar-refractivity contribution < 1.29 is 4.42 Å². The second-order valence-electron chi connectivity index (χ2n) is 9.72. The summed E-state index contributed by atoms with van der Waals surface area (Å²) < 4.78 is 9.20. The third-order valence-corrected chi connectivity index (χ3v) is 7.97. The number of fused-ring (bicyclic) bond motifs is 10. The van der Waals surface area contributed by atoms with Gasteiger partial charge in [0.15, 0.2) is 0 Å². The first-order valence-electron chi connectivity index (χ1n) is 12.4. The van der Waals surface area contributed by atoms with Crippen LogP contribution in [0.15, 0.2) is 120 Å². The summed E-state index contributed by atoms with van der Waals surface area (Å²) in [5.74, 6) is 0. The Kier molecular flexibility index (Phi) is 3.36. The van der Waals surface area contributed by atoms with Crippen molar-refractivity contribution >= 4 is 73.1 Å². The maximum Gasteiger partial charge on any atom is 0.297 e. The van der Waals surface area contributed by atoms with Crippen molar-refractivity contribution in [1.82, 2.24) is 4.57 Å². The van der Waals surface area contributed by atoms with Gasteiger partial charge in [-0.05, 0) is 53.4 Å². The second-order valence-corrected chi connectivity index (χ2v) is 9.72. The summed E-state index contributed by atoms with van der Waals surface area (Å²) in [6.45, 7) is 0.0269. The monoisotopic (exact) mass is 458 g/mol. The number of benzene rings is 5. The molecule has 2 aliphatic rings. The summed E-state index contributed by atoms with van der Waals surface area (Å²) in [5, 5.41) is 3.73. The topological polar surface area (TPSA) is 21.3 Å². The van der Waals surface area contributed by atoms with Crippen LogP contribution in [0.2, 0.25) is 0 Å². The van der Waals surface area contributed by atoms with Crippen molar-refractivity contribution in [3.05, 3.63) is 115 Å². The Morgan fingerprint density at radius 2 is 1.33 bits per heavy atom. The molecule has 7 aromatic rings. The lowest BCUT2D eigenvalue weighted by Gasteiger charge is -2.38. The highest BCUT2D eigenvalue weighted by Crippen LogP contribution is 2.43. The molecule has 0 saturated carbocycles. The summed E-state index contributed by atoms with van der Waals surface area (Å²) in [6.07, 6.45) is 0. The van der Waals surface area contributed by atoms with E-state index in [1.165, 1.54) is 49.8 Å². The Bertz CT molecular complexity index is 2020. The summed E-state index contributed by atoms with van der Waals surface area (Å²) in [5.41, 5.74) is 11.8. The first-order chi connectivity index (χ1) is 17.9. The van der Waals surface area contributed by atoms with E-state index in [1.54, 1.807) is 0 Å². The molecule has 2 aromatic heterocycles. The third-order valence-electron chi connectivity index (χ3n) is 7.97. The Labute approximate surface area is 207 Å². The molecular formula is C32H19BN2O. The van der Waals surface area contributed by atoms with Gasteiger partial charge in [0.25, 0.3) is 6.71 Å². The fraction of sp³-hybridized carbons (Fsp3) is 0. The number of hydrogen-bond acceptors (Lipinski definition) is 2. The zero-order valence-corrected chi connectivity index (χ0v) is 19.3. The molecule has 0 N–H and O–H groups in total. The quantitative estimate of drug-likeness (QED) is 0.276. The van der Waals surface area contributed by atoms with E-state index < -0.39 is 0 Å². The van der Waals surface area contributed by atoms with Crippen LogP contribution < -0.4 is 21.5 Å². The molecule has 0 aliphatic carbocycles. The van der Waals surface area contributed by atoms with E-state index >= 15 is 0 Å². The number of hydrogen-bond donors (Lipinski definition) is 0. The first-order valence-corrected chi connectivity index (χ1v) is 12.4. The van der Waals surface area contributed by atoms with Crippen LogP contribution in [0.4, 0.5) is 17.1 Å². The molecule has 166 valence electrons. The largest absolute Gasteiger partial charge is 0.468 e. The lowest BCUT2D eigenvalue weighted by atomic mass is 9.36. The highest BCUT2D eigenvalue weighted by Gasteiger charge is 2.44. The van der Waals surface area contributed by atoms with Gasteiger partial charge < -0.3 is 13.9 Å². The first kappa shape index (κ1) is 18.6. The summed E-state index contributed by atoms with van der Waals surface area (Å²) in [7, 11) is 0. The standard InChI is InChI=1S/C32H19BN2O/c1-2-10-20(11-3-1)34-26-16-8-6-14-24(26)33-29-27(34)19-18-22-21-12-4-7-15-25(21)35(30(22)29)31-23-13-5-9-17-28(23)36-32(31)33/h1-19H. The second kappa shape index (κ2) is 6.49. The smallest absolute Gasteiger partial charge is 0.297 e. The lowest BCUT2D eigenvalue weighted by molar-refractivity contribution is 0.649. The van der Waals surface area contributed by atoms with Crippen LogP contribution in [-0.2, 0) is 0 Å². The van der Waals surface area contributed by atoms with Gasteiger partial charge in [-0.2, -0.15) is 0 Å². The van der Waals surface area contributed by atoms with Gasteiger partial charge in [-0.15, -0.1) is 0 Å². The molecule has 5 aromatic carbocycles. The molecule has 0 radical (unpaired) electrons. The van der Waals surface area contributed by atoms with Crippen LogP contribution in [-0.4, -0.2) is 11.3 Å². The maximum atomic E-state index is 6.75. The molecule has 0 atom stereocenters. The Morgan fingerprint density at radius 1 is 0.583 bits per heavy atom. The van der Waals surface area contributed by atoms with E-state index in [-0.39, 0.29) is 6.71 Å². The number of anilines is 3. The average molecular weight is 458 g/mol. The van der Waals surface area contributed by atoms with Gasteiger partial charge in [-0.25, -0.2) is 0 Å². The molecule has 0 bridgehead atoms. The van der Waals surface area contributed by atoms with Crippen molar-refractivity contribution in [1.29, 1.82) is 0 Å².